The lowest BCUT2D eigenvalue weighted by Gasteiger charge is -2.28. The zero-order valence-electron chi connectivity index (χ0n) is 19.3. The molecule has 2 aliphatic rings. The molecule has 0 spiro atoms. The molecule has 0 radical (unpaired) electrons. The first-order valence-electron chi connectivity index (χ1n) is 12.2. The maximum atomic E-state index is 14.0. The number of benzene rings is 2. The third-order valence-electron chi connectivity index (χ3n) is 6.87. The number of piperidine rings is 1. The summed E-state index contributed by atoms with van der Waals surface area (Å²) in [6, 6.07) is 13.9. The van der Waals surface area contributed by atoms with E-state index in [9.17, 15) is 13.6 Å². The van der Waals surface area contributed by atoms with Crippen molar-refractivity contribution >= 4 is 5.91 Å². The summed E-state index contributed by atoms with van der Waals surface area (Å²) in [5.41, 5.74) is 3.75. The third kappa shape index (κ3) is 4.89. The maximum absolute atomic E-state index is 14.0. The van der Waals surface area contributed by atoms with E-state index in [1.54, 1.807) is 0 Å². The zero-order valence-corrected chi connectivity index (χ0v) is 19.3. The summed E-state index contributed by atoms with van der Waals surface area (Å²) in [6.45, 7) is 2.26. The van der Waals surface area contributed by atoms with E-state index in [-0.39, 0.29) is 17.6 Å². The van der Waals surface area contributed by atoms with Gasteiger partial charge in [0.05, 0.1) is 11.4 Å². The van der Waals surface area contributed by atoms with E-state index in [0.29, 0.717) is 25.2 Å². The summed E-state index contributed by atoms with van der Waals surface area (Å²) in [7, 11) is 0. The number of carbonyl (C=O) groups is 1. The minimum atomic E-state index is -0.680. The van der Waals surface area contributed by atoms with Crippen LogP contribution in [-0.2, 0) is 19.3 Å². The van der Waals surface area contributed by atoms with Crippen molar-refractivity contribution in [1.82, 2.24) is 20.0 Å². The van der Waals surface area contributed by atoms with Crippen LogP contribution >= 0.6 is 0 Å². The molecule has 1 aliphatic carbocycles. The van der Waals surface area contributed by atoms with Crippen LogP contribution in [0.1, 0.15) is 53.0 Å². The first kappa shape index (κ1) is 22.7. The highest BCUT2D eigenvalue weighted by molar-refractivity contribution is 5.95. The normalized spacial score (nSPS) is 18.1. The summed E-state index contributed by atoms with van der Waals surface area (Å²) in [5, 5.41) is 8.33. The molecule has 178 valence electrons. The van der Waals surface area contributed by atoms with Crippen LogP contribution in [0.4, 0.5) is 8.78 Å². The van der Waals surface area contributed by atoms with Gasteiger partial charge in [0.15, 0.2) is 0 Å². The lowest BCUT2D eigenvalue weighted by Crippen LogP contribution is -2.39. The van der Waals surface area contributed by atoms with Crippen molar-refractivity contribution in [3.05, 3.63) is 82.7 Å². The van der Waals surface area contributed by atoms with Crippen LogP contribution in [0.2, 0.25) is 0 Å². The second kappa shape index (κ2) is 10.1. The van der Waals surface area contributed by atoms with E-state index in [2.05, 4.69) is 22.5 Å². The van der Waals surface area contributed by atoms with Crippen LogP contribution in [0, 0.1) is 11.6 Å². The molecule has 1 N–H and O–H groups in total. The quantitative estimate of drug-likeness (QED) is 0.586. The molecule has 2 heterocycles. The molecular formula is C27H30F2N4O. The number of aryl methyl sites for hydroxylation is 1. The van der Waals surface area contributed by atoms with Gasteiger partial charge in [-0.25, -0.2) is 13.5 Å². The first-order valence-corrected chi connectivity index (χ1v) is 12.2. The van der Waals surface area contributed by atoms with Gasteiger partial charge in [0.25, 0.3) is 5.91 Å². The van der Waals surface area contributed by atoms with Crippen molar-refractivity contribution in [2.24, 2.45) is 0 Å². The molecule has 7 heteroatoms. The van der Waals surface area contributed by atoms with Crippen LogP contribution in [0.15, 0.2) is 48.5 Å². The van der Waals surface area contributed by atoms with Crippen LogP contribution in [0.3, 0.4) is 0 Å². The Morgan fingerprint density at radius 1 is 1.03 bits per heavy atom. The summed E-state index contributed by atoms with van der Waals surface area (Å²) < 4.78 is 29.6. The summed E-state index contributed by atoms with van der Waals surface area (Å²) in [4.78, 5) is 15.5. The van der Waals surface area contributed by atoms with Gasteiger partial charge in [0, 0.05) is 30.8 Å². The summed E-state index contributed by atoms with van der Waals surface area (Å²) in [5.74, 6) is -1.45. The monoisotopic (exact) mass is 464 g/mol. The Balaban J connectivity index is 1.42. The second-order valence-corrected chi connectivity index (χ2v) is 9.30. The Morgan fingerprint density at radius 3 is 2.50 bits per heavy atom. The largest absolute Gasteiger partial charge is 0.337 e. The van der Waals surface area contributed by atoms with Crippen molar-refractivity contribution in [2.75, 3.05) is 19.6 Å². The molecule has 0 bridgehead atoms. The number of hydrogen-bond acceptors (Lipinski definition) is 3. The molecule has 1 saturated heterocycles. The Bertz CT molecular complexity index is 1130. The number of nitrogens with zero attached hydrogens (tertiary/aromatic N) is 3. The Labute approximate surface area is 198 Å². The van der Waals surface area contributed by atoms with Gasteiger partial charge in [0.2, 0.25) is 0 Å². The SMILES string of the molecule is O=C(c1c2c(nn1-c1cc(F)cc(F)c1)CCC(NCCc1ccccc1)C2)N1CCCCC1. The molecule has 5 nitrogen and oxygen atoms in total. The molecule has 0 saturated carbocycles. The van der Waals surface area contributed by atoms with Gasteiger partial charge in [-0.05, 0) is 69.2 Å². The van der Waals surface area contributed by atoms with Gasteiger partial charge in [-0.3, -0.25) is 4.79 Å². The van der Waals surface area contributed by atoms with E-state index >= 15 is 0 Å². The van der Waals surface area contributed by atoms with Gasteiger partial charge in [0.1, 0.15) is 17.3 Å². The fourth-order valence-corrected chi connectivity index (χ4v) is 5.12. The van der Waals surface area contributed by atoms with Crippen molar-refractivity contribution < 1.29 is 13.6 Å². The molecular weight excluding hydrogens is 434 g/mol. The number of fused-ring (bicyclic) bond motifs is 1. The summed E-state index contributed by atoms with van der Waals surface area (Å²) in [6.07, 6.45) is 6.31. The highest BCUT2D eigenvalue weighted by Crippen LogP contribution is 2.29. The van der Waals surface area contributed by atoms with E-state index in [1.165, 1.54) is 22.4 Å². The fourth-order valence-electron chi connectivity index (χ4n) is 5.12. The molecule has 1 aromatic heterocycles. The lowest BCUT2D eigenvalue weighted by atomic mass is 9.91. The highest BCUT2D eigenvalue weighted by Gasteiger charge is 2.32. The Morgan fingerprint density at radius 2 is 1.76 bits per heavy atom. The van der Waals surface area contributed by atoms with Crippen LogP contribution in [-0.4, -0.2) is 46.3 Å². The lowest BCUT2D eigenvalue weighted by molar-refractivity contribution is 0.0713. The number of aromatic nitrogens is 2. The number of carbonyl (C=O) groups excluding carboxylic acids is 1. The summed E-state index contributed by atoms with van der Waals surface area (Å²) >= 11 is 0. The Hall–Kier alpha value is -3.06. The number of nitrogens with one attached hydrogen (secondary N) is 1. The van der Waals surface area contributed by atoms with Crippen LogP contribution < -0.4 is 5.32 Å². The van der Waals surface area contributed by atoms with Crippen molar-refractivity contribution in [3.63, 3.8) is 0 Å². The third-order valence-corrected chi connectivity index (χ3v) is 6.87. The molecule has 1 fully saturated rings. The van der Waals surface area contributed by atoms with Crippen LogP contribution in [0.5, 0.6) is 0 Å². The van der Waals surface area contributed by atoms with E-state index in [1.807, 2.05) is 23.1 Å². The first-order chi connectivity index (χ1) is 16.6. The van der Waals surface area contributed by atoms with Crippen molar-refractivity contribution in [1.29, 1.82) is 0 Å². The standard InChI is InChI=1S/C27H30F2N4O/c28-20-15-21(29)17-23(16-20)33-26(27(34)32-13-5-2-6-14-32)24-18-22(9-10-25(24)31-33)30-12-11-19-7-3-1-4-8-19/h1,3-4,7-8,15-17,22,30H,2,5-6,9-14,18H2. The number of likely N-dealkylation sites (tertiary alicyclic amines) is 1. The average molecular weight is 465 g/mol. The van der Waals surface area contributed by atoms with Gasteiger partial charge < -0.3 is 10.2 Å². The van der Waals surface area contributed by atoms with E-state index in [0.717, 1.165) is 62.4 Å². The van der Waals surface area contributed by atoms with Gasteiger partial charge in [-0.1, -0.05) is 30.3 Å². The molecule has 1 amide bonds. The predicted molar refractivity (Wildman–Crippen MR) is 127 cm³/mol. The van der Waals surface area contributed by atoms with Crippen molar-refractivity contribution in [2.45, 2.75) is 51.0 Å². The van der Waals surface area contributed by atoms with Crippen molar-refractivity contribution in [3.8, 4) is 5.69 Å². The molecule has 3 aromatic rings. The van der Waals surface area contributed by atoms with E-state index in [4.69, 9.17) is 0 Å². The predicted octanol–water partition coefficient (Wildman–Crippen LogP) is 4.47. The number of hydrogen-bond donors (Lipinski definition) is 1. The van der Waals surface area contributed by atoms with E-state index < -0.39 is 11.6 Å². The van der Waals surface area contributed by atoms with Gasteiger partial charge >= 0.3 is 0 Å². The molecule has 1 unspecified atom stereocenters. The smallest absolute Gasteiger partial charge is 0.272 e. The zero-order chi connectivity index (χ0) is 23.5. The Kier molecular flexibility index (Phi) is 6.72. The average Bonchev–Trinajstić information content (AvgIpc) is 3.23. The van der Waals surface area contributed by atoms with Gasteiger partial charge in [-0.2, -0.15) is 5.10 Å². The van der Waals surface area contributed by atoms with Crippen LogP contribution in [0.25, 0.3) is 5.69 Å². The molecule has 1 atom stereocenters. The molecule has 5 rings (SSSR count). The second-order valence-electron chi connectivity index (χ2n) is 9.30. The fraction of sp³-hybridized carbons (Fsp3) is 0.407. The molecule has 2 aromatic carbocycles. The minimum absolute atomic E-state index is 0.0944. The van der Waals surface area contributed by atoms with Gasteiger partial charge in [-0.15, -0.1) is 0 Å². The maximum Gasteiger partial charge on any atom is 0.272 e. The minimum Gasteiger partial charge on any atom is -0.337 e. The highest BCUT2D eigenvalue weighted by atomic mass is 19.1. The number of halogens is 2. The number of rotatable bonds is 6. The molecule has 34 heavy (non-hydrogen) atoms. The molecule has 1 aliphatic heterocycles. The number of amides is 1. The topological polar surface area (TPSA) is 50.2 Å².